The Bertz CT molecular complexity index is 1680. The molecular formula is C27H22FN7. The molecule has 3 N–H and O–H groups in total. The third kappa shape index (κ3) is 3.89. The zero-order valence-electron chi connectivity index (χ0n) is 19.2. The van der Waals surface area contributed by atoms with Gasteiger partial charge in [0.05, 0.1) is 22.8 Å². The first-order valence-corrected chi connectivity index (χ1v) is 11.4. The van der Waals surface area contributed by atoms with E-state index >= 15 is 0 Å². The highest BCUT2D eigenvalue weighted by atomic mass is 19.1. The Morgan fingerprint density at radius 1 is 0.886 bits per heavy atom. The lowest BCUT2D eigenvalue weighted by Gasteiger charge is -2.10. The lowest BCUT2D eigenvalue weighted by Crippen LogP contribution is -2.09. The molecule has 5 aromatic heterocycles. The molecule has 0 amide bonds. The van der Waals surface area contributed by atoms with Crippen LogP contribution in [0.15, 0.2) is 73.3 Å². The zero-order chi connectivity index (χ0) is 23.9. The van der Waals surface area contributed by atoms with Gasteiger partial charge in [-0.05, 0) is 50.2 Å². The SMILES string of the molecule is CC(C)Nc1cncc(-c2cnc3n[nH]c(-c4cc5c(-c6cccc(F)c6)nccc5[nH]4)c3c2)c1. The Labute approximate surface area is 200 Å². The summed E-state index contributed by atoms with van der Waals surface area (Å²) < 4.78 is 13.9. The molecule has 0 aliphatic carbocycles. The minimum absolute atomic E-state index is 0.294. The second-order valence-corrected chi connectivity index (χ2v) is 8.77. The van der Waals surface area contributed by atoms with Crippen molar-refractivity contribution in [2.75, 3.05) is 5.32 Å². The van der Waals surface area contributed by atoms with E-state index < -0.39 is 0 Å². The van der Waals surface area contributed by atoms with Crippen molar-refractivity contribution in [3.05, 3.63) is 79.1 Å². The molecule has 0 saturated carbocycles. The van der Waals surface area contributed by atoms with Crippen LogP contribution in [0.4, 0.5) is 10.1 Å². The number of aromatic amines is 2. The van der Waals surface area contributed by atoms with E-state index in [1.165, 1.54) is 12.1 Å². The first-order valence-electron chi connectivity index (χ1n) is 11.4. The smallest absolute Gasteiger partial charge is 0.181 e. The van der Waals surface area contributed by atoms with Crippen molar-refractivity contribution in [1.29, 1.82) is 0 Å². The van der Waals surface area contributed by atoms with E-state index in [2.05, 4.69) is 61.4 Å². The van der Waals surface area contributed by atoms with Crippen LogP contribution in [0.25, 0.3) is 55.7 Å². The van der Waals surface area contributed by atoms with Gasteiger partial charge in [0.1, 0.15) is 5.82 Å². The van der Waals surface area contributed by atoms with E-state index in [4.69, 9.17) is 0 Å². The Kier molecular flexibility index (Phi) is 4.99. The van der Waals surface area contributed by atoms with Crippen LogP contribution in [0.1, 0.15) is 13.8 Å². The molecule has 6 rings (SSSR count). The Balaban J connectivity index is 1.45. The fraction of sp³-hybridized carbons (Fsp3) is 0.111. The van der Waals surface area contributed by atoms with Gasteiger partial charge in [0.15, 0.2) is 5.65 Å². The number of anilines is 1. The van der Waals surface area contributed by atoms with E-state index in [-0.39, 0.29) is 5.82 Å². The van der Waals surface area contributed by atoms with Crippen LogP contribution in [-0.4, -0.2) is 36.2 Å². The van der Waals surface area contributed by atoms with Crippen LogP contribution in [0.5, 0.6) is 0 Å². The number of pyridine rings is 3. The Hall–Kier alpha value is -4.59. The molecule has 0 aliphatic rings. The molecule has 8 heteroatoms. The van der Waals surface area contributed by atoms with Gasteiger partial charge in [0.25, 0.3) is 0 Å². The summed E-state index contributed by atoms with van der Waals surface area (Å²) in [5.74, 6) is -0.294. The molecule has 35 heavy (non-hydrogen) atoms. The minimum atomic E-state index is -0.294. The second kappa shape index (κ2) is 8.32. The molecule has 0 radical (unpaired) electrons. The molecule has 6 aromatic rings. The molecule has 0 spiro atoms. The number of nitrogens with zero attached hydrogens (tertiary/aromatic N) is 4. The summed E-state index contributed by atoms with van der Waals surface area (Å²) in [5, 5.41) is 12.7. The number of rotatable bonds is 5. The predicted octanol–water partition coefficient (Wildman–Crippen LogP) is 6.19. The largest absolute Gasteiger partial charge is 0.382 e. The van der Waals surface area contributed by atoms with E-state index in [9.17, 15) is 4.39 Å². The summed E-state index contributed by atoms with van der Waals surface area (Å²) in [4.78, 5) is 16.9. The van der Waals surface area contributed by atoms with Gasteiger partial charge in [0.2, 0.25) is 0 Å². The molecule has 5 heterocycles. The number of halogens is 1. The summed E-state index contributed by atoms with van der Waals surface area (Å²) in [7, 11) is 0. The average Bonchev–Trinajstić information content (AvgIpc) is 3.47. The van der Waals surface area contributed by atoms with Crippen molar-refractivity contribution in [2.45, 2.75) is 19.9 Å². The first kappa shape index (κ1) is 21.0. The molecule has 0 unspecified atom stereocenters. The fourth-order valence-corrected chi connectivity index (χ4v) is 4.33. The second-order valence-electron chi connectivity index (χ2n) is 8.77. The van der Waals surface area contributed by atoms with E-state index in [0.29, 0.717) is 17.4 Å². The quantitative estimate of drug-likeness (QED) is 0.283. The van der Waals surface area contributed by atoms with Crippen LogP contribution >= 0.6 is 0 Å². The molecule has 1 aromatic carbocycles. The molecule has 0 saturated heterocycles. The van der Waals surface area contributed by atoms with Crippen molar-refractivity contribution >= 4 is 27.6 Å². The fourth-order valence-electron chi connectivity index (χ4n) is 4.33. The summed E-state index contributed by atoms with van der Waals surface area (Å²) in [5.41, 5.74) is 7.49. The molecular weight excluding hydrogens is 441 g/mol. The third-order valence-corrected chi connectivity index (χ3v) is 5.85. The van der Waals surface area contributed by atoms with Crippen LogP contribution < -0.4 is 5.32 Å². The highest BCUT2D eigenvalue weighted by Gasteiger charge is 2.15. The maximum absolute atomic E-state index is 13.9. The maximum Gasteiger partial charge on any atom is 0.181 e. The number of benzene rings is 1. The van der Waals surface area contributed by atoms with Gasteiger partial charge in [0, 0.05) is 63.8 Å². The lowest BCUT2D eigenvalue weighted by molar-refractivity contribution is 0.628. The average molecular weight is 464 g/mol. The normalized spacial score (nSPS) is 11.5. The number of hydrogen-bond donors (Lipinski definition) is 3. The topological polar surface area (TPSA) is 95.2 Å². The summed E-state index contributed by atoms with van der Waals surface area (Å²) in [6.45, 7) is 4.18. The van der Waals surface area contributed by atoms with Crippen molar-refractivity contribution in [1.82, 2.24) is 30.1 Å². The number of H-pyrrole nitrogens is 2. The first-order chi connectivity index (χ1) is 17.0. The molecule has 0 atom stereocenters. The summed E-state index contributed by atoms with van der Waals surface area (Å²) in [6, 6.07) is 14.8. The van der Waals surface area contributed by atoms with Crippen molar-refractivity contribution in [2.24, 2.45) is 0 Å². The Morgan fingerprint density at radius 3 is 2.63 bits per heavy atom. The highest BCUT2D eigenvalue weighted by Crippen LogP contribution is 2.34. The highest BCUT2D eigenvalue weighted by molar-refractivity contribution is 6.00. The van der Waals surface area contributed by atoms with E-state index in [0.717, 1.165) is 50.1 Å². The van der Waals surface area contributed by atoms with Crippen LogP contribution in [0.3, 0.4) is 0 Å². The molecule has 7 nitrogen and oxygen atoms in total. The maximum atomic E-state index is 13.9. The minimum Gasteiger partial charge on any atom is -0.382 e. The zero-order valence-corrected chi connectivity index (χ0v) is 19.2. The Morgan fingerprint density at radius 2 is 1.77 bits per heavy atom. The van der Waals surface area contributed by atoms with Crippen LogP contribution in [0.2, 0.25) is 0 Å². The van der Waals surface area contributed by atoms with Gasteiger partial charge in [-0.3, -0.25) is 15.1 Å². The van der Waals surface area contributed by atoms with Gasteiger partial charge in [-0.15, -0.1) is 0 Å². The number of aromatic nitrogens is 6. The predicted molar refractivity (Wildman–Crippen MR) is 136 cm³/mol. The lowest BCUT2D eigenvalue weighted by atomic mass is 10.1. The van der Waals surface area contributed by atoms with Gasteiger partial charge in [-0.1, -0.05) is 12.1 Å². The summed E-state index contributed by atoms with van der Waals surface area (Å²) >= 11 is 0. The summed E-state index contributed by atoms with van der Waals surface area (Å²) in [6.07, 6.45) is 7.17. The molecule has 172 valence electrons. The van der Waals surface area contributed by atoms with Crippen molar-refractivity contribution < 1.29 is 4.39 Å². The third-order valence-electron chi connectivity index (χ3n) is 5.85. The van der Waals surface area contributed by atoms with Gasteiger partial charge in [-0.2, -0.15) is 5.10 Å². The van der Waals surface area contributed by atoms with E-state index in [1.807, 2.05) is 30.6 Å². The standard InChI is InChI=1S/C27H22FN7/c1-15(2)32-20-9-17(12-29-14-20)18-10-22-26(34-35-27(22)31-13-18)24-11-21-23(33-24)6-7-30-25(21)16-4-3-5-19(28)8-16/h3-15,32-33H,1-2H3,(H,31,34,35). The number of fused-ring (bicyclic) bond motifs is 2. The van der Waals surface area contributed by atoms with E-state index in [1.54, 1.807) is 18.5 Å². The molecule has 0 aliphatic heterocycles. The van der Waals surface area contributed by atoms with Crippen molar-refractivity contribution in [3.8, 4) is 33.8 Å². The van der Waals surface area contributed by atoms with Crippen LogP contribution in [0, 0.1) is 5.82 Å². The van der Waals surface area contributed by atoms with Gasteiger partial charge in [-0.25, -0.2) is 9.37 Å². The van der Waals surface area contributed by atoms with Crippen LogP contribution in [-0.2, 0) is 0 Å². The molecule has 0 bridgehead atoms. The number of hydrogen-bond acceptors (Lipinski definition) is 5. The monoisotopic (exact) mass is 463 g/mol. The number of nitrogens with one attached hydrogen (secondary N) is 3. The van der Waals surface area contributed by atoms with Gasteiger partial charge >= 0.3 is 0 Å². The van der Waals surface area contributed by atoms with Gasteiger partial charge < -0.3 is 10.3 Å². The van der Waals surface area contributed by atoms with Crippen molar-refractivity contribution in [3.63, 3.8) is 0 Å². The molecule has 0 fully saturated rings.